The van der Waals surface area contributed by atoms with Gasteiger partial charge < -0.3 is 14.6 Å². The molecule has 0 unspecified atom stereocenters. The molecule has 0 aliphatic carbocycles. The van der Waals surface area contributed by atoms with Crippen LogP contribution in [0.1, 0.15) is 17.9 Å². The van der Waals surface area contributed by atoms with Crippen LogP contribution < -0.4 is 5.32 Å². The molecule has 22 heavy (non-hydrogen) atoms. The molecule has 0 radical (unpaired) electrons. The van der Waals surface area contributed by atoms with Crippen LogP contribution in [0.15, 0.2) is 24.7 Å². The van der Waals surface area contributed by atoms with E-state index in [-0.39, 0.29) is 0 Å². The molecule has 8 nitrogen and oxygen atoms in total. The second kappa shape index (κ2) is 6.52. The molecule has 0 spiro atoms. The number of nitrogens with one attached hydrogen (secondary N) is 1. The molecule has 0 saturated carbocycles. The van der Waals surface area contributed by atoms with Crippen molar-refractivity contribution >= 4 is 11.5 Å². The standard InChI is InChI=1S/C14H19N7O/c1-11-8-13(21-12(18-11)4-5-17-21)15-9-14-19-16-10-20(14)6-3-7-22-2/h4-5,8,10,15H,3,6-7,9H2,1-2H3. The number of rotatable bonds is 7. The third kappa shape index (κ3) is 3.06. The Bertz CT molecular complexity index is 749. The monoisotopic (exact) mass is 301 g/mol. The summed E-state index contributed by atoms with van der Waals surface area (Å²) in [5.74, 6) is 1.77. The number of hydrogen-bond donors (Lipinski definition) is 1. The maximum Gasteiger partial charge on any atom is 0.157 e. The lowest BCUT2D eigenvalue weighted by Crippen LogP contribution is -2.12. The van der Waals surface area contributed by atoms with Gasteiger partial charge >= 0.3 is 0 Å². The van der Waals surface area contributed by atoms with Crippen LogP contribution in [0.5, 0.6) is 0 Å². The second-order valence-corrected chi connectivity index (χ2v) is 5.02. The summed E-state index contributed by atoms with van der Waals surface area (Å²) in [7, 11) is 1.70. The summed E-state index contributed by atoms with van der Waals surface area (Å²) < 4.78 is 8.88. The number of nitrogens with zero attached hydrogens (tertiary/aromatic N) is 6. The zero-order valence-corrected chi connectivity index (χ0v) is 12.7. The van der Waals surface area contributed by atoms with Crippen LogP contribution in [0.3, 0.4) is 0 Å². The van der Waals surface area contributed by atoms with Crippen molar-refractivity contribution in [3.8, 4) is 0 Å². The number of fused-ring (bicyclic) bond motifs is 1. The predicted octanol–water partition coefficient (Wildman–Crippen LogP) is 1.28. The summed E-state index contributed by atoms with van der Waals surface area (Å²) in [6.07, 6.45) is 4.41. The van der Waals surface area contributed by atoms with E-state index in [9.17, 15) is 0 Å². The summed E-state index contributed by atoms with van der Waals surface area (Å²) in [6, 6.07) is 3.84. The van der Waals surface area contributed by atoms with E-state index in [0.29, 0.717) is 6.54 Å². The van der Waals surface area contributed by atoms with Gasteiger partial charge in [-0.25, -0.2) is 4.98 Å². The van der Waals surface area contributed by atoms with Gasteiger partial charge in [0.15, 0.2) is 11.5 Å². The van der Waals surface area contributed by atoms with Crippen LogP contribution >= 0.6 is 0 Å². The fraction of sp³-hybridized carbons (Fsp3) is 0.429. The van der Waals surface area contributed by atoms with Crippen molar-refractivity contribution in [1.82, 2.24) is 29.4 Å². The number of anilines is 1. The van der Waals surface area contributed by atoms with Gasteiger partial charge in [-0.05, 0) is 13.3 Å². The molecule has 3 aromatic heterocycles. The molecule has 0 aliphatic rings. The van der Waals surface area contributed by atoms with Crippen molar-refractivity contribution < 1.29 is 4.74 Å². The normalized spacial score (nSPS) is 11.2. The van der Waals surface area contributed by atoms with E-state index >= 15 is 0 Å². The first-order valence-corrected chi connectivity index (χ1v) is 7.19. The number of hydrogen-bond acceptors (Lipinski definition) is 6. The first kappa shape index (κ1) is 14.5. The van der Waals surface area contributed by atoms with E-state index in [0.717, 1.165) is 42.6 Å². The zero-order chi connectivity index (χ0) is 15.4. The average Bonchev–Trinajstić information content (AvgIpc) is 3.13. The van der Waals surface area contributed by atoms with Gasteiger partial charge in [-0.3, -0.25) is 0 Å². The Morgan fingerprint density at radius 1 is 1.36 bits per heavy atom. The highest BCUT2D eigenvalue weighted by molar-refractivity contribution is 5.48. The fourth-order valence-corrected chi connectivity index (χ4v) is 2.32. The average molecular weight is 301 g/mol. The van der Waals surface area contributed by atoms with Gasteiger partial charge in [0, 0.05) is 38.1 Å². The molecule has 116 valence electrons. The van der Waals surface area contributed by atoms with Crippen molar-refractivity contribution in [2.75, 3.05) is 19.0 Å². The van der Waals surface area contributed by atoms with Crippen molar-refractivity contribution in [2.45, 2.75) is 26.4 Å². The molecule has 3 aromatic rings. The summed E-state index contributed by atoms with van der Waals surface area (Å²) in [6.45, 7) is 4.10. The number of aromatic nitrogens is 6. The number of ether oxygens (including phenoxy) is 1. The summed E-state index contributed by atoms with van der Waals surface area (Å²) in [4.78, 5) is 4.42. The summed E-state index contributed by atoms with van der Waals surface area (Å²) in [5, 5.41) is 15.8. The Morgan fingerprint density at radius 2 is 2.27 bits per heavy atom. The minimum Gasteiger partial charge on any atom is -0.385 e. The van der Waals surface area contributed by atoms with Gasteiger partial charge in [0.05, 0.1) is 12.7 Å². The molecule has 0 amide bonds. The summed E-state index contributed by atoms with van der Waals surface area (Å²) >= 11 is 0. The molecule has 0 aromatic carbocycles. The van der Waals surface area contributed by atoms with Crippen molar-refractivity contribution in [1.29, 1.82) is 0 Å². The summed E-state index contributed by atoms with van der Waals surface area (Å²) in [5.41, 5.74) is 1.76. The smallest absolute Gasteiger partial charge is 0.157 e. The number of aryl methyl sites for hydroxylation is 2. The van der Waals surface area contributed by atoms with Crippen LogP contribution in [0.4, 0.5) is 5.82 Å². The van der Waals surface area contributed by atoms with E-state index in [1.54, 1.807) is 24.1 Å². The van der Waals surface area contributed by atoms with Gasteiger partial charge in [-0.15, -0.1) is 10.2 Å². The maximum absolute atomic E-state index is 5.07. The van der Waals surface area contributed by atoms with Gasteiger partial charge in [-0.1, -0.05) is 0 Å². The van der Waals surface area contributed by atoms with E-state index in [1.807, 2.05) is 23.6 Å². The minimum absolute atomic E-state index is 0.575. The molecular formula is C14H19N7O. The largest absolute Gasteiger partial charge is 0.385 e. The van der Waals surface area contributed by atoms with E-state index in [2.05, 4.69) is 25.6 Å². The van der Waals surface area contributed by atoms with Crippen LogP contribution in [-0.4, -0.2) is 43.1 Å². The first-order valence-electron chi connectivity index (χ1n) is 7.19. The molecule has 1 N–H and O–H groups in total. The van der Waals surface area contributed by atoms with E-state index < -0.39 is 0 Å². The quantitative estimate of drug-likeness (QED) is 0.662. The van der Waals surface area contributed by atoms with Gasteiger partial charge in [0.2, 0.25) is 0 Å². The zero-order valence-electron chi connectivity index (χ0n) is 12.7. The molecule has 0 saturated heterocycles. The van der Waals surface area contributed by atoms with Gasteiger partial charge in [0.25, 0.3) is 0 Å². The fourth-order valence-electron chi connectivity index (χ4n) is 2.32. The van der Waals surface area contributed by atoms with E-state index in [4.69, 9.17) is 4.74 Å². The van der Waals surface area contributed by atoms with Crippen LogP contribution in [0.25, 0.3) is 5.65 Å². The van der Waals surface area contributed by atoms with Crippen molar-refractivity contribution in [3.63, 3.8) is 0 Å². The Hall–Kier alpha value is -2.48. The molecular weight excluding hydrogens is 282 g/mol. The Balaban J connectivity index is 1.72. The molecule has 0 fully saturated rings. The molecule has 3 heterocycles. The third-order valence-corrected chi connectivity index (χ3v) is 3.36. The second-order valence-electron chi connectivity index (χ2n) is 5.02. The number of methoxy groups -OCH3 is 1. The first-order chi connectivity index (χ1) is 10.8. The Labute approximate surface area is 128 Å². The lowest BCUT2D eigenvalue weighted by atomic mass is 10.4. The molecule has 0 atom stereocenters. The maximum atomic E-state index is 5.07. The topological polar surface area (TPSA) is 82.2 Å². The lowest BCUT2D eigenvalue weighted by molar-refractivity contribution is 0.190. The molecule has 0 aliphatic heterocycles. The molecule has 3 rings (SSSR count). The minimum atomic E-state index is 0.575. The van der Waals surface area contributed by atoms with Gasteiger partial charge in [-0.2, -0.15) is 9.61 Å². The highest BCUT2D eigenvalue weighted by atomic mass is 16.5. The SMILES string of the molecule is COCCCn1cnnc1CNc1cc(C)nc2ccnn12. The van der Waals surface area contributed by atoms with Crippen molar-refractivity contribution in [2.24, 2.45) is 0 Å². The Kier molecular flexibility index (Phi) is 4.29. The van der Waals surface area contributed by atoms with Crippen LogP contribution in [0, 0.1) is 6.92 Å². The van der Waals surface area contributed by atoms with E-state index in [1.165, 1.54) is 0 Å². The predicted molar refractivity (Wildman–Crippen MR) is 81.6 cm³/mol. The highest BCUT2D eigenvalue weighted by Gasteiger charge is 2.07. The van der Waals surface area contributed by atoms with Gasteiger partial charge in [0.1, 0.15) is 12.1 Å². The highest BCUT2D eigenvalue weighted by Crippen LogP contribution is 2.12. The van der Waals surface area contributed by atoms with Crippen molar-refractivity contribution in [3.05, 3.63) is 36.2 Å². The Morgan fingerprint density at radius 3 is 3.14 bits per heavy atom. The third-order valence-electron chi connectivity index (χ3n) is 3.36. The van der Waals surface area contributed by atoms with Crippen LogP contribution in [-0.2, 0) is 17.8 Å². The lowest BCUT2D eigenvalue weighted by Gasteiger charge is -2.10. The molecule has 0 bridgehead atoms. The molecule has 8 heteroatoms. The van der Waals surface area contributed by atoms with Crippen LogP contribution in [0.2, 0.25) is 0 Å².